The Morgan fingerprint density at radius 2 is 1.50 bits per heavy atom. The van der Waals surface area contributed by atoms with Crippen LogP contribution >= 0.6 is 11.3 Å². The molecule has 8 heteroatoms. The fourth-order valence-electron chi connectivity index (χ4n) is 5.71. The maximum absolute atomic E-state index is 12.9. The Morgan fingerprint density at radius 3 is 2.14 bits per heavy atom. The van der Waals surface area contributed by atoms with Crippen LogP contribution in [0.15, 0.2) is 35.9 Å². The number of imide groups is 2. The van der Waals surface area contributed by atoms with Gasteiger partial charge in [-0.25, -0.2) is 0 Å². The van der Waals surface area contributed by atoms with Gasteiger partial charge in [0.05, 0.1) is 0 Å². The Bertz CT molecular complexity index is 1530. The van der Waals surface area contributed by atoms with Gasteiger partial charge in [-0.3, -0.25) is 0 Å². The Kier molecular flexibility index (Phi) is 4.77. The number of hydrogen-bond donors (Lipinski definition) is 0. The standard InChI is InChI=1S/C28H27N3O3SSe/c1-14-11-20-22(35-14)28(4,5)18-10-8-9-17-21(18)31(20)25-19(27(17,2)3)13-15(36-25)12-16-23(32)29(6)26(34)30(7)24(16)33/h8-13H,1-7H3. The van der Waals surface area contributed by atoms with Gasteiger partial charge < -0.3 is 0 Å². The van der Waals surface area contributed by atoms with Crippen molar-refractivity contribution in [2.75, 3.05) is 19.0 Å². The molecule has 6 nitrogen and oxygen atoms in total. The van der Waals surface area contributed by atoms with E-state index in [-0.39, 0.29) is 30.9 Å². The fraction of sp³-hybridized carbons (Fsp3) is 0.321. The number of fused-ring (bicyclic) bond motifs is 4. The zero-order valence-corrected chi connectivity index (χ0v) is 23.9. The van der Waals surface area contributed by atoms with Gasteiger partial charge in [-0.1, -0.05) is 0 Å². The van der Waals surface area contributed by atoms with Gasteiger partial charge in [0, 0.05) is 0 Å². The van der Waals surface area contributed by atoms with Crippen molar-refractivity contribution < 1.29 is 14.4 Å². The van der Waals surface area contributed by atoms with Gasteiger partial charge in [-0.15, -0.1) is 0 Å². The molecule has 36 heavy (non-hydrogen) atoms. The number of barbiturate groups is 1. The molecule has 3 aromatic rings. The van der Waals surface area contributed by atoms with E-state index in [1.54, 1.807) is 6.08 Å². The zero-order chi connectivity index (χ0) is 25.9. The van der Waals surface area contributed by atoms with Crippen LogP contribution in [-0.4, -0.2) is 56.2 Å². The van der Waals surface area contributed by atoms with Crippen LogP contribution < -0.4 is 4.90 Å². The van der Waals surface area contributed by atoms with Crippen molar-refractivity contribution >= 4 is 65.7 Å². The molecule has 0 unspecified atom stereocenters. The Hall–Kier alpha value is -2.93. The summed E-state index contributed by atoms with van der Waals surface area (Å²) in [6, 6.07) is 10.5. The molecular weight excluding hydrogens is 537 g/mol. The zero-order valence-electron chi connectivity index (χ0n) is 21.3. The molecule has 0 atom stereocenters. The second-order valence-corrected chi connectivity index (χ2v) is 14.3. The van der Waals surface area contributed by atoms with Crippen LogP contribution in [0.4, 0.5) is 20.7 Å². The summed E-state index contributed by atoms with van der Waals surface area (Å²) >= 11 is 1.73. The molecule has 1 saturated heterocycles. The van der Waals surface area contributed by atoms with E-state index in [1.807, 2.05) is 11.3 Å². The molecule has 0 N–H and O–H groups in total. The number of para-hydroxylation sites is 1. The molecule has 0 spiro atoms. The number of likely N-dealkylation sites (N-methyl/N-ethyl adjacent to an activating group) is 2. The number of urea groups is 1. The summed E-state index contributed by atoms with van der Waals surface area (Å²) in [6.45, 7) is 11.3. The van der Waals surface area contributed by atoms with E-state index in [0.29, 0.717) is 0 Å². The summed E-state index contributed by atoms with van der Waals surface area (Å²) in [5.41, 5.74) is 6.06. The van der Waals surface area contributed by atoms with E-state index in [9.17, 15) is 14.4 Å². The third kappa shape index (κ3) is 2.86. The molecule has 4 amide bonds. The SMILES string of the molecule is Cc1cc2c(s1)C(C)(C)c1cccc3c1N2c1[se]c(C=C2C(=O)N(C)C(=O)N(C)C2=O)cc1C3(C)C. The summed E-state index contributed by atoms with van der Waals surface area (Å²) in [5.74, 6) is -1.10. The van der Waals surface area contributed by atoms with Crippen molar-refractivity contribution in [3.8, 4) is 0 Å². The molecule has 3 aliphatic heterocycles. The minimum absolute atomic E-state index is 0.0374. The minimum atomic E-state index is -0.606. The molecule has 0 aliphatic carbocycles. The van der Waals surface area contributed by atoms with Crippen LogP contribution in [-0.2, 0) is 20.4 Å². The summed E-state index contributed by atoms with van der Waals surface area (Å²) in [6.07, 6.45) is 1.71. The van der Waals surface area contributed by atoms with Crippen LogP contribution in [0.5, 0.6) is 0 Å². The molecule has 2 aromatic heterocycles. The third-order valence-electron chi connectivity index (χ3n) is 7.79. The average molecular weight is 565 g/mol. The summed E-state index contributed by atoms with van der Waals surface area (Å²) in [5, 5.41) is 0. The number of carbonyl (C=O) groups excluding carboxylic acids is 3. The molecular formula is C28H27N3O3SSe. The number of benzene rings is 1. The van der Waals surface area contributed by atoms with Gasteiger partial charge in [0.15, 0.2) is 0 Å². The normalized spacial score (nSPS) is 19.4. The van der Waals surface area contributed by atoms with Crippen molar-refractivity contribution in [1.82, 2.24) is 9.80 Å². The molecule has 0 radical (unpaired) electrons. The predicted molar refractivity (Wildman–Crippen MR) is 144 cm³/mol. The summed E-state index contributed by atoms with van der Waals surface area (Å²) in [7, 11) is 2.83. The quantitative estimate of drug-likeness (QED) is 0.229. The van der Waals surface area contributed by atoms with E-state index in [2.05, 4.69) is 69.9 Å². The molecule has 0 saturated carbocycles. The monoisotopic (exact) mass is 565 g/mol. The summed E-state index contributed by atoms with van der Waals surface area (Å²) < 4.78 is 2.21. The van der Waals surface area contributed by atoms with Gasteiger partial charge >= 0.3 is 221 Å². The van der Waals surface area contributed by atoms with Crippen LogP contribution in [0.25, 0.3) is 6.08 Å². The molecule has 184 valence electrons. The Labute approximate surface area is 220 Å². The van der Waals surface area contributed by atoms with E-state index in [0.717, 1.165) is 14.2 Å². The molecule has 3 aliphatic rings. The predicted octanol–water partition coefficient (Wildman–Crippen LogP) is 5.30. The first-order chi connectivity index (χ1) is 16.9. The average Bonchev–Trinajstić information content (AvgIpc) is 3.44. The third-order valence-corrected chi connectivity index (χ3v) is 11.4. The number of aryl methyl sites for hydroxylation is 1. The van der Waals surface area contributed by atoms with Gasteiger partial charge in [-0.2, -0.15) is 0 Å². The molecule has 6 rings (SSSR count). The first-order valence-corrected chi connectivity index (χ1v) is 14.4. The summed E-state index contributed by atoms with van der Waals surface area (Å²) in [4.78, 5) is 45.0. The van der Waals surface area contributed by atoms with E-state index in [1.165, 1.54) is 56.5 Å². The van der Waals surface area contributed by atoms with Crippen molar-refractivity contribution in [3.63, 3.8) is 0 Å². The van der Waals surface area contributed by atoms with Crippen molar-refractivity contribution in [2.24, 2.45) is 0 Å². The van der Waals surface area contributed by atoms with Gasteiger partial charge in [0.25, 0.3) is 0 Å². The number of amides is 4. The topological polar surface area (TPSA) is 60.9 Å². The van der Waals surface area contributed by atoms with Gasteiger partial charge in [0.2, 0.25) is 0 Å². The van der Waals surface area contributed by atoms with Crippen LogP contribution in [0.3, 0.4) is 0 Å². The van der Waals surface area contributed by atoms with Crippen LogP contribution in [0.1, 0.15) is 58.6 Å². The molecule has 5 heterocycles. The van der Waals surface area contributed by atoms with Crippen molar-refractivity contribution in [1.29, 1.82) is 0 Å². The van der Waals surface area contributed by atoms with Crippen LogP contribution in [0.2, 0.25) is 0 Å². The second-order valence-electron chi connectivity index (χ2n) is 10.8. The number of nitrogens with zero attached hydrogens (tertiary/aromatic N) is 3. The second kappa shape index (κ2) is 7.31. The van der Waals surface area contributed by atoms with E-state index < -0.39 is 17.8 Å². The van der Waals surface area contributed by atoms with Gasteiger partial charge in [0.1, 0.15) is 0 Å². The fourth-order valence-corrected chi connectivity index (χ4v) is 9.51. The van der Waals surface area contributed by atoms with E-state index in [4.69, 9.17) is 0 Å². The van der Waals surface area contributed by atoms with Crippen molar-refractivity contribution in [3.05, 3.63) is 66.8 Å². The van der Waals surface area contributed by atoms with Crippen molar-refractivity contribution in [2.45, 2.75) is 45.4 Å². The first-order valence-electron chi connectivity index (χ1n) is 11.9. The number of hydrogen-bond acceptors (Lipinski definition) is 5. The first kappa shape index (κ1) is 23.5. The molecule has 1 aromatic carbocycles. The molecule has 0 bridgehead atoms. The number of thiophene rings is 1. The van der Waals surface area contributed by atoms with E-state index >= 15 is 0 Å². The van der Waals surface area contributed by atoms with Gasteiger partial charge in [-0.05, 0) is 0 Å². The Morgan fingerprint density at radius 1 is 0.889 bits per heavy atom. The van der Waals surface area contributed by atoms with Crippen LogP contribution in [0, 0.1) is 6.92 Å². The maximum atomic E-state index is 12.9. The number of rotatable bonds is 1. The Balaban J connectivity index is 1.59. The number of anilines is 3. The number of carbonyl (C=O) groups is 3. The molecule has 1 fully saturated rings.